The highest BCUT2D eigenvalue weighted by Gasteiger charge is 2.35. The molecule has 176 valence electrons. The fourth-order valence-corrected chi connectivity index (χ4v) is 4.53. The molecule has 0 aliphatic heterocycles. The summed E-state index contributed by atoms with van der Waals surface area (Å²) in [5, 5.41) is 11.5. The van der Waals surface area contributed by atoms with E-state index in [1.54, 1.807) is 15.6 Å². The molecule has 2 aromatic heterocycles. The summed E-state index contributed by atoms with van der Waals surface area (Å²) in [5.41, 5.74) is 1.53. The first-order valence-corrected chi connectivity index (χ1v) is 12.0. The topological polar surface area (TPSA) is 93.3 Å². The molecule has 8 nitrogen and oxygen atoms in total. The summed E-state index contributed by atoms with van der Waals surface area (Å²) in [6, 6.07) is 10.5. The number of carbonyl (C=O) groups is 2. The highest BCUT2D eigenvalue weighted by molar-refractivity contribution is 5.89. The summed E-state index contributed by atoms with van der Waals surface area (Å²) in [4.78, 5) is 28.8. The Kier molecular flexibility index (Phi) is 7.42. The predicted octanol–water partition coefficient (Wildman–Crippen LogP) is 4.15. The van der Waals surface area contributed by atoms with Crippen LogP contribution >= 0.6 is 0 Å². The van der Waals surface area contributed by atoms with E-state index < -0.39 is 6.04 Å². The molecule has 2 amide bonds. The molecule has 0 radical (unpaired) electrons. The first kappa shape index (κ1) is 23.0. The van der Waals surface area contributed by atoms with Gasteiger partial charge in [0, 0.05) is 12.6 Å². The maximum absolute atomic E-state index is 13.6. The number of fused-ring (bicyclic) bond motifs is 1. The molecular formula is C25H33N5O3. The average molecular weight is 452 g/mol. The second kappa shape index (κ2) is 10.6. The molecule has 3 aromatic rings. The number of nitrogens with zero attached hydrogens (tertiary/aromatic N) is 4. The van der Waals surface area contributed by atoms with Gasteiger partial charge >= 0.3 is 0 Å². The van der Waals surface area contributed by atoms with Crippen molar-refractivity contribution < 1.29 is 14.0 Å². The van der Waals surface area contributed by atoms with Gasteiger partial charge in [-0.1, -0.05) is 50.0 Å². The van der Waals surface area contributed by atoms with Gasteiger partial charge in [0.15, 0.2) is 6.04 Å². The average Bonchev–Trinajstić information content (AvgIpc) is 3.43. The number of benzene rings is 1. The Balaban J connectivity index is 1.61. The standard InChI is InChI=1S/C25H33N5O3/c1-3-4-16-29(23(31)17-30-21-13-9-8-12-20(21)27-28-30)24(22-15-14-18(2)33-22)25(32)26-19-10-6-5-7-11-19/h8-9,12-15,19,24H,3-7,10-11,16-17H2,1-2H3,(H,26,32)/t24-/m1/s1. The number of amides is 2. The summed E-state index contributed by atoms with van der Waals surface area (Å²) < 4.78 is 7.48. The molecule has 0 spiro atoms. The van der Waals surface area contributed by atoms with Crippen LogP contribution in [0.1, 0.15) is 69.4 Å². The third-order valence-electron chi connectivity index (χ3n) is 6.32. The van der Waals surface area contributed by atoms with Crippen LogP contribution in [-0.4, -0.2) is 44.3 Å². The van der Waals surface area contributed by atoms with Gasteiger partial charge in [0.25, 0.3) is 5.91 Å². The minimum atomic E-state index is -0.811. The van der Waals surface area contributed by atoms with Crippen LogP contribution in [0.5, 0.6) is 0 Å². The number of carbonyl (C=O) groups excluding carboxylic acids is 2. The molecule has 1 saturated carbocycles. The van der Waals surface area contributed by atoms with Crippen molar-refractivity contribution in [1.29, 1.82) is 0 Å². The van der Waals surface area contributed by atoms with Gasteiger partial charge in [-0.05, 0) is 50.5 Å². The molecule has 0 unspecified atom stereocenters. The van der Waals surface area contributed by atoms with Crippen molar-refractivity contribution >= 4 is 22.8 Å². The molecule has 1 aliphatic carbocycles. The number of hydrogen-bond acceptors (Lipinski definition) is 5. The molecule has 8 heteroatoms. The van der Waals surface area contributed by atoms with Crippen LogP contribution in [0, 0.1) is 6.92 Å². The third kappa shape index (κ3) is 5.43. The van der Waals surface area contributed by atoms with Gasteiger partial charge in [0.05, 0.1) is 5.52 Å². The van der Waals surface area contributed by atoms with Gasteiger partial charge < -0.3 is 14.6 Å². The minimum absolute atomic E-state index is 0.0110. The zero-order valence-electron chi connectivity index (χ0n) is 19.5. The Morgan fingerprint density at radius 3 is 2.70 bits per heavy atom. The summed E-state index contributed by atoms with van der Waals surface area (Å²) in [7, 11) is 0. The maximum atomic E-state index is 13.6. The van der Waals surface area contributed by atoms with Crippen LogP contribution in [0.2, 0.25) is 0 Å². The van der Waals surface area contributed by atoms with Crippen LogP contribution in [-0.2, 0) is 16.1 Å². The summed E-state index contributed by atoms with van der Waals surface area (Å²) in [6.07, 6.45) is 7.09. The lowest BCUT2D eigenvalue weighted by Gasteiger charge is -2.32. The maximum Gasteiger partial charge on any atom is 0.250 e. The Labute approximate surface area is 194 Å². The van der Waals surface area contributed by atoms with E-state index in [9.17, 15) is 9.59 Å². The molecule has 4 rings (SSSR count). The van der Waals surface area contributed by atoms with Crippen LogP contribution in [0.4, 0.5) is 0 Å². The van der Waals surface area contributed by atoms with Crippen molar-refractivity contribution in [3.8, 4) is 0 Å². The van der Waals surface area contributed by atoms with Gasteiger partial charge in [-0.2, -0.15) is 0 Å². The van der Waals surface area contributed by atoms with Crippen LogP contribution in [0.3, 0.4) is 0 Å². The number of unbranched alkanes of at least 4 members (excludes halogenated alkanes) is 1. The fraction of sp³-hybridized carbons (Fsp3) is 0.520. The van der Waals surface area contributed by atoms with Crippen molar-refractivity contribution in [2.75, 3.05) is 6.54 Å². The molecular weight excluding hydrogens is 418 g/mol. The van der Waals surface area contributed by atoms with Gasteiger partial charge in [-0.25, -0.2) is 4.68 Å². The molecule has 33 heavy (non-hydrogen) atoms. The minimum Gasteiger partial charge on any atom is -0.464 e. The molecule has 1 fully saturated rings. The molecule has 0 saturated heterocycles. The summed E-state index contributed by atoms with van der Waals surface area (Å²) >= 11 is 0. The molecule has 1 aromatic carbocycles. The van der Waals surface area contributed by atoms with E-state index in [1.807, 2.05) is 37.3 Å². The molecule has 0 bridgehead atoms. The summed E-state index contributed by atoms with van der Waals surface area (Å²) in [6.45, 7) is 4.39. The molecule has 1 aliphatic rings. The van der Waals surface area contributed by atoms with E-state index in [2.05, 4.69) is 22.6 Å². The number of nitrogens with one attached hydrogen (secondary N) is 1. The second-order valence-corrected chi connectivity index (χ2v) is 8.87. The Morgan fingerprint density at radius 1 is 1.18 bits per heavy atom. The van der Waals surface area contributed by atoms with Crippen molar-refractivity contribution in [2.24, 2.45) is 0 Å². The lowest BCUT2D eigenvalue weighted by Crippen LogP contribution is -2.48. The highest BCUT2D eigenvalue weighted by atomic mass is 16.3. The van der Waals surface area contributed by atoms with Crippen LogP contribution in [0.15, 0.2) is 40.8 Å². The van der Waals surface area contributed by atoms with Crippen molar-refractivity contribution in [3.05, 3.63) is 47.9 Å². The van der Waals surface area contributed by atoms with E-state index in [0.29, 0.717) is 18.1 Å². The third-order valence-corrected chi connectivity index (χ3v) is 6.32. The second-order valence-electron chi connectivity index (χ2n) is 8.87. The monoisotopic (exact) mass is 451 g/mol. The van der Waals surface area contributed by atoms with Crippen LogP contribution < -0.4 is 5.32 Å². The van der Waals surface area contributed by atoms with Crippen LogP contribution in [0.25, 0.3) is 11.0 Å². The molecule has 1 N–H and O–H groups in total. The zero-order chi connectivity index (χ0) is 23.2. The van der Waals surface area contributed by atoms with E-state index in [4.69, 9.17) is 4.42 Å². The predicted molar refractivity (Wildman–Crippen MR) is 125 cm³/mol. The Morgan fingerprint density at radius 2 is 1.97 bits per heavy atom. The number of hydrogen-bond donors (Lipinski definition) is 1. The Bertz CT molecular complexity index is 1080. The number of para-hydroxylation sites is 1. The Hall–Kier alpha value is -3.16. The van der Waals surface area contributed by atoms with Crippen molar-refractivity contribution in [1.82, 2.24) is 25.2 Å². The number of aromatic nitrogens is 3. The number of aryl methyl sites for hydroxylation is 1. The number of rotatable bonds is 9. The van der Waals surface area contributed by atoms with Gasteiger partial charge in [0.1, 0.15) is 23.6 Å². The van der Waals surface area contributed by atoms with Crippen molar-refractivity contribution in [3.63, 3.8) is 0 Å². The number of furan rings is 1. The fourth-order valence-electron chi connectivity index (χ4n) is 4.53. The quantitative estimate of drug-likeness (QED) is 0.527. The van der Waals surface area contributed by atoms with E-state index in [-0.39, 0.29) is 24.4 Å². The zero-order valence-corrected chi connectivity index (χ0v) is 19.5. The smallest absolute Gasteiger partial charge is 0.250 e. The lowest BCUT2D eigenvalue weighted by molar-refractivity contribution is -0.142. The lowest BCUT2D eigenvalue weighted by atomic mass is 9.95. The van der Waals surface area contributed by atoms with E-state index in [1.165, 1.54) is 6.42 Å². The van der Waals surface area contributed by atoms with Gasteiger partial charge in [-0.15, -0.1) is 5.10 Å². The first-order valence-electron chi connectivity index (χ1n) is 12.0. The van der Waals surface area contributed by atoms with E-state index >= 15 is 0 Å². The summed E-state index contributed by atoms with van der Waals surface area (Å²) in [5.74, 6) is 0.848. The highest BCUT2D eigenvalue weighted by Crippen LogP contribution is 2.26. The van der Waals surface area contributed by atoms with Crippen molar-refractivity contribution in [2.45, 2.75) is 77.4 Å². The molecule has 1 atom stereocenters. The normalized spacial score (nSPS) is 15.5. The van der Waals surface area contributed by atoms with E-state index in [0.717, 1.165) is 49.6 Å². The van der Waals surface area contributed by atoms with Gasteiger partial charge in [-0.3, -0.25) is 9.59 Å². The van der Waals surface area contributed by atoms with Gasteiger partial charge in [0.2, 0.25) is 5.91 Å². The SMILES string of the molecule is CCCCN(C(=O)Cn1nnc2ccccc21)[C@@H](C(=O)NC1CCCCC1)c1ccc(C)o1. The largest absolute Gasteiger partial charge is 0.464 e. The first-order chi connectivity index (χ1) is 16.1. The molecule has 2 heterocycles.